The SMILES string of the molecule is CC(C)(C)C(=O)CC(=O)C(C)(C)C.CCOCOc1c(-c2ncnc3cc(Cl)cc(Cl)c23)cc2ccccc2c1C.CO.Cc1c(O)c(-c2ncnc3cc(Cl)cc(Cl)c23)cc2ccccc12.Cc1c2c(cc3ccccc13)-c1ncnc3cc(Cl)cc(c13)O2.N=N/N=N/N=N/N=N/N=N/N=NCl.[2H]CF. The number of aromatic hydroxyl groups is 1. The van der Waals surface area contributed by atoms with Gasteiger partial charge in [-0.15, -0.1) is 0 Å². The largest absolute Gasteiger partial charge is 0.507 e. The molecule has 13 rings (SSSR count). The smallest absolute Gasteiger partial charge is 0.189 e. The molecule has 105 heavy (non-hydrogen) atoms. The average Bonchev–Trinajstić information content (AvgIpc) is 0.740. The zero-order valence-electron chi connectivity index (χ0n) is 59.4. The van der Waals surface area contributed by atoms with E-state index in [0.717, 1.165) is 90.0 Å². The molecule has 3 N–H and O–H groups in total. The highest BCUT2D eigenvalue weighted by Crippen LogP contribution is 2.50. The third-order valence-corrected chi connectivity index (χ3v) is 16.9. The van der Waals surface area contributed by atoms with Crippen LogP contribution in [-0.4, -0.2) is 79.3 Å². The van der Waals surface area contributed by atoms with Gasteiger partial charge >= 0.3 is 0 Å². The van der Waals surface area contributed by atoms with Gasteiger partial charge in [-0.25, -0.2) is 29.9 Å². The molecule has 0 saturated heterocycles. The van der Waals surface area contributed by atoms with Gasteiger partial charge < -0.3 is 24.4 Å². The summed E-state index contributed by atoms with van der Waals surface area (Å²) in [5.41, 5.74) is 15.1. The van der Waals surface area contributed by atoms with Crippen LogP contribution in [0, 0.1) is 37.1 Å². The summed E-state index contributed by atoms with van der Waals surface area (Å²) < 4.78 is 35.9. The number of phenolic OH excluding ortho intramolecular Hbond substituents is 1. The highest BCUT2D eigenvalue weighted by molar-refractivity contribution is 6.40. The normalized spacial score (nSPS) is 11.7. The van der Waals surface area contributed by atoms with Crippen molar-refractivity contribution in [3.63, 3.8) is 0 Å². The Morgan fingerprint density at radius 3 is 1.39 bits per heavy atom. The van der Waals surface area contributed by atoms with E-state index in [-0.39, 0.29) is 30.5 Å². The standard InChI is InChI=1S/C22H18Cl2N2O2.C19H12Cl2N2O.C19H11ClN2O.C11H20O2.CH3F.CH4O.ClHN12/c1-3-27-12-28-22-13(2)16-7-5-4-6-14(16)8-17(22)21-20-18(24)9-15(23)10-19(20)25-11-26-21;1-10-13-5-3-2-4-11(13)6-14(19(10)24)18-17-15(21)7-12(20)8-16(17)22-9-23-18;1-10-13-5-3-2-4-11(13)6-14-18-17-15(21-9-22-18)7-12(20)8-16(17)23-19(10)14;1-10(2,3)8(12)7-9(13)11(4,5)6;2*1-2;1-3-5-7-9-11-13-12-10-8-6-4-2/h4-11H,3,12H2,1-2H3;2-9,24H,1H3;2-9H,1H3;7H2,1-6H3;1H3;2H,1H3;2H/b;;;;;;4-2?,5-3?,8-6+,9-7+,12-10+,13-11+/i;;;;1D;;. The van der Waals surface area contributed by atoms with Gasteiger partial charge in [0, 0.05) is 78.7 Å². The van der Waals surface area contributed by atoms with Crippen LogP contribution in [0.4, 0.5) is 4.39 Å². The molecule has 0 saturated carbocycles. The van der Waals surface area contributed by atoms with Gasteiger partial charge in [0.05, 0.1) is 75.8 Å². The number of aryl methyl sites for hydroxylation is 3. The molecule has 0 aliphatic carbocycles. The van der Waals surface area contributed by atoms with Crippen LogP contribution in [0.25, 0.3) is 98.8 Å². The molecule has 0 fully saturated rings. The number of Topliss-reactive ketones (excluding diaryl/α,β-unsaturated/α-hetero) is 2. The van der Waals surface area contributed by atoms with Gasteiger partial charge in [0.1, 0.15) is 53.5 Å². The van der Waals surface area contributed by atoms with E-state index in [4.69, 9.17) is 96.0 Å². The molecule has 0 spiro atoms. The van der Waals surface area contributed by atoms with Crippen molar-refractivity contribution in [1.82, 2.24) is 29.9 Å². The maximum absolute atomic E-state index is 11.5. The number of benzene rings is 9. The van der Waals surface area contributed by atoms with E-state index in [2.05, 4.69) is 130 Å². The number of aromatic nitrogens is 6. The number of halogens is 7. The zero-order chi connectivity index (χ0) is 77.4. The molecule has 12 aromatic rings. The lowest BCUT2D eigenvalue weighted by Crippen LogP contribution is -2.28. The first-order valence-electron chi connectivity index (χ1n) is 32.1. The number of nitrogens with one attached hydrogen (secondary N) is 1. The molecule has 25 nitrogen and oxygen atoms in total. The van der Waals surface area contributed by atoms with Gasteiger partial charge in [-0.3, -0.25) is 14.0 Å². The number of ketones is 2. The lowest BCUT2D eigenvalue weighted by molar-refractivity contribution is -0.135. The third-order valence-electron chi connectivity index (χ3n) is 15.6. The first-order chi connectivity index (χ1) is 50.8. The summed E-state index contributed by atoms with van der Waals surface area (Å²) in [6.45, 7) is 19.7. The Bertz CT molecular complexity index is 5320. The molecular formula is C73H69Cl6FN18O7. The molecule has 3 aromatic heterocycles. The summed E-state index contributed by atoms with van der Waals surface area (Å²) in [5.74, 6) is 2.52. The monoisotopic (exact) mass is 1540 g/mol. The lowest BCUT2D eigenvalue weighted by Gasteiger charge is -2.22. The van der Waals surface area contributed by atoms with Crippen molar-refractivity contribution in [3.05, 3.63) is 188 Å². The van der Waals surface area contributed by atoms with Crippen molar-refractivity contribution < 1.29 is 39.8 Å². The van der Waals surface area contributed by atoms with Crippen LogP contribution >= 0.6 is 69.8 Å². The number of carbonyl (C=O) groups is 2. The van der Waals surface area contributed by atoms with Gasteiger partial charge in [0.2, 0.25) is 0 Å². The molecule has 0 bridgehead atoms. The number of nitrogens with zero attached hydrogens (tertiary/aromatic N) is 17. The highest BCUT2D eigenvalue weighted by atomic mass is 35.5. The Labute approximate surface area is 633 Å². The third kappa shape index (κ3) is 20.6. The number of carbonyl (C=O) groups excluding carboxylic acids is 2. The van der Waals surface area contributed by atoms with Gasteiger partial charge in [-0.05, 0) is 172 Å². The molecule has 32 heteroatoms. The molecular weight excluding hydrogens is 1470 g/mol. The van der Waals surface area contributed by atoms with E-state index in [1.165, 1.54) is 23.4 Å². The number of alkyl halides is 1. The fourth-order valence-corrected chi connectivity index (χ4v) is 11.9. The van der Waals surface area contributed by atoms with Crippen LogP contribution in [0.2, 0.25) is 25.1 Å². The fourth-order valence-electron chi connectivity index (χ4n) is 10.6. The van der Waals surface area contributed by atoms with Gasteiger partial charge in [-0.1, -0.05) is 177 Å². The highest BCUT2D eigenvalue weighted by Gasteiger charge is 2.30. The van der Waals surface area contributed by atoms with Crippen LogP contribution in [0.5, 0.6) is 23.0 Å². The van der Waals surface area contributed by atoms with Crippen molar-refractivity contribution in [2.24, 2.45) is 67.7 Å². The Balaban J connectivity index is 0.000000187. The maximum Gasteiger partial charge on any atom is 0.189 e. The molecule has 0 radical (unpaired) electrons. The number of fused-ring (bicyclic) bond motifs is 7. The van der Waals surface area contributed by atoms with E-state index in [9.17, 15) is 19.1 Å². The Kier molecular flexibility index (Phi) is 29.5. The number of ether oxygens (including phenoxy) is 3. The molecule has 1 aliphatic heterocycles. The van der Waals surface area contributed by atoms with Crippen LogP contribution in [0.1, 0.15) is 72.9 Å². The van der Waals surface area contributed by atoms with Crippen LogP contribution < -0.4 is 9.47 Å². The number of phenols is 1. The average molecular weight is 1540 g/mol. The zero-order valence-corrected chi connectivity index (χ0v) is 62.9. The minimum Gasteiger partial charge on any atom is -0.507 e. The second-order valence-electron chi connectivity index (χ2n) is 24.2. The van der Waals surface area contributed by atoms with Crippen LogP contribution in [0.15, 0.2) is 203 Å². The summed E-state index contributed by atoms with van der Waals surface area (Å²) in [6, 6.07) is 41.0. The van der Waals surface area contributed by atoms with E-state index in [0.29, 0.717) is 70.8 Å². The second-order valence-corrected chi connectivity index (χ2v) is 26.5. The number of hydrogen-bond donors (Lipinski definition) is 3. The first-order valence-corrected chi connectivity index (χ1v) is 33.6. The second kappa shape index (κ2) is 38.5. The van der Waals surface area contributed by atoms with E-state index < -0.39 is 18.0 Å². The predicted octanol–water partition coefficient (Wildman–Crippen LogP) is 23.5. The fraction of sp³-hybridized carbons (Fsp3) is 0.233. The Morgan fingerprint density at radius 2 is 0.933 bits per heavy atom. The molecule has 4 heterocycles. The summed E-state index contributed by atoms with van der Waals surface area (Å²) in [4.78, 5) is 49.3. The first kappa shape index (κ1) is 80.4. The Hall–Kier alpha value is -10.3. The number of aliphatic hydroxyl groups excluding tert-OH is 1. The summed E-state index contributed by atoms with van der Waals surface area (Å²) >= 11 is 36.1. The van der Waals surface area contributed by atoms with Crippen molar-refractivity contribution >= 4 is 146 Å². The van der Waals surface area contributed by atoms with Crippen molar-refractivity contribution in [1.29, 1.82) is 5.53 Å². The summed E-state index contributed by atoms with van der Waals surface area (Å²) in [6.07, 6.45) is 4.61. The summed E-state index contributed by atoms with van der Waals surface area (Å²) in [7, 11) is 0. The maximum atomic E-state index is 11.5. The van der Waals surface area contributed by atoms with Crippen molar-refractivity contribution in [2.45, 2.75) is 75.7 Å². The summed E-state index contributed by atoms with van der Waals surface area (Å²) in [5, 5.41) is 57.8. The van der Waals surface area contributed by atoms with Crippen molar-refractivity contribution in [3.8, 4) is 56.8 Å². The Morgan fingerprint density at radius 1 is 0.543 bits per heavy atom. The molecule has 542 valence electrons. The molecule has 9 aromatic carbocycles. The molecule has 0 atom stereocenters. The molecule has 0 amide bonds. The van der Waals surface area contributed by atoms with Gasteiger partial charge in [-0.2, -0.15) is 5.53 Å². The van der Waals surface area contributed by atoms with E-state index in [1.54, 1.807) is 30.6 Å². The van der Waals surface area contributed by atoms with E-state index >= 15 is 0 Å². The molecule has 1 aliphatic rings. The van der Waals surface area contributed by atoms with Crippen LogP contribution in [-0.2, 0) is 14.3 Å². The number of hydrogen-bond acceptors (Lipinski definition) is 15. The number of rotatable bonds is 13. The van der Waals surface area contributed by atoms with Crippen LogP contribution in [0.3, 0.4) is 0 Å². The van der Waals surface area contributed by atoms with E-state index in [1.807, 2.05) is 129 Å². The quantitative estimate of drug-likeness (QED) is 0.0318. The van der Waals surface area contributed by atoms with Gasteiger partial charge in [0.25, 0.3) is 0 Å². The minimum atomic E-state index is -1.00. The topological polar surface area (TPSA) is 339 Å². The van der Waals surface area contributed by atoms with Crippen molar-refractivity contribution in [2.75, 3.05) is 27.7 Å². The lowest BCUT2D eigenvalue weighted by atomic mass is 9.82. The number of aliphatic hydroxyl groups is 1. The molecule has 0 unspecified atom stereocenters. The van der Waals surface area contributed by atoms with Gasteiger partial charge in [0.15, 0.2) is 6.79 Å². The minimum absolute atomic E-state index is 0.0208. The predicted molar refractivity (Wildman–Crippen MR) is 410 cm³/mol.